The standard InChI is InChI=1S/C25H31N3O4S/c1-19(2)28-23(17-27(14-15-32-4)24(29)22-8-6-5-7-9-22)16-26-25(28)33(30,31)18-21-12-10-20(3)11-13-21/h5-13,16,19H,14-15,17-18H2,1-4H3. The van der Waals surface area contributed by atoms with Crippen LogP contribution in [0.3, 0.4) is 0 Å². The van der Waals surface area contributed by atoms with E-state index in [0.29, 0.717) is 30.0 Å². The van der Waals surface area contributed by atoms with E-state index in [-0.39, 0.29) is 29.4 Å². The quantitative estimate of drug-likeness (QED) is 0.448. The summed E-state index contributed by atoms with van der Waals surface area (Å²) in [6, 6.07) is 16.3. The van der Waals surface area contributed by atoms with E-state index in [1.807, 2.05) is 63.2 Å². The average Bonchev–Trinajstić information content (AvgIpc) is 3.23. The molecule has 3 rings (SSSR count). The van der Waals surface area contributed by atoms with Gasteiger partial charge >= 0.3 is 0 Å². The molecule has 0 fully saturated rings. The molecule has 0 bridgehead atoms. The van der Waals surface area contributed by atoms with Crippen LogP contribution in [-0.2, 0) is 26.9 Å². The maximum absolute atomic E-state index is 13.3. The molecule has 0 saturated carbocycles. The zero-order valence-electron chi connectivity index (χ0n) is 19.6. The number of imidazole rings is 1. The van der Waals surface area contributed by atoms with Crippen LogP contribution in [0.1, 0.15) is 47.1 Å². The van der Waals surface area contributed by atoms with Gasteiger partial charge in [0.2, 0.25) is 15.0 Å². The van der Waals surface area contributed by atoms with Crippen molar-refractivity contribution in [3.05, 3.63) is 83.2 Å². The molecule has 0 N–H and O–H groups in total. The zero-order valence-corrected chi connectivity index (χ0v) is 20.4. The van der Waals surface area contributed by atoms with E-state index >= 15 is 0 Å². The van der Waals surface area contributed by atoms with Crippen LogP contribution >= 0.6 is 0 Å². The third-order valence-corrected chi connectivity index (χ3v) is 6.91. The van der Waals surface area contributed by atoms with Crippen LogP contribution in [0.4, 0.5) is 0 Å². The summed E-state index contributed by atoms with van der Waals surface area (Å²) in [6.07, 6.45) is 1.56. The number of rotatable bonds is 10. The molecule has 176 valence electrons. The summed E-state index contributed by atoms with van der Waals surface area (Å²) in [5.41, 5.74) is 3.01. The minimum Gasteiger partial charge on any atom is -0.383 e. The number of carbonyl (C=O) groups is 1. The lowest BCUT2D eigenvalue weighted by molar-refractivity contribution is 0.0674. The van der Waals surface area contributed by atoms with Gasteiger partial charge < -0.3 is 14.2 Å². The number of aryl methyl sites for hydroxylation is 1. The molecule has 0 radical (unpaired) electrons. The van der Waals surface area contributed by atoms with Crippen molar-refractivity contribution in [2.24, 2.45) is 0 Å². The molecule has 33 heavy (non-hydrogen) atoms. The molecular formula is C25H31N3O4S. The second kappa shape index (κ2) is 10.8. The Bertz CT molecular complexity index is 1170. The SMILES string of the molecule is COCCN(Cc1cnc(S(=O)(=O)Cc2ccc(C)cc2)n1C(C)C)C(=O)c1ccccc1. The summed E-state index contributed by atoms with van der Waals surface area (Å²) in [5.74, 6) is -0.277. The fourth-order valence-electron chi connectivity index (χ4n) is 3.66. The van der Waals surface area contributed by atoms with Crippen LogP contribution < -0.4 is 0 Å². The normalized spacial score (nSPS) is 11.7. The molecule has 0 unspecified atom stereocenters. The lowest BCUT2D eigenvalue weighted by Crippen LogP contribution is -2.34. The van der Waals surface area contributed by atoms with E-state index < -0.39 is 9.84 Å². The Balaban J connectivity index is 1.92. The average molecular weight is 470 g/mol. The summed E-state index contributed by atoms with van der Waals surface area (Å²) in [5, 5.41) is 0.0203. The third kappa shape index (κ3) is 6.09. The molecule has 7 nitrogen and oxygen atoms in total. The molecular weight excluding hydrogens is 438 g/mol. The summed E-state index contributed by atoms with van der Waals surface area (Å²) < 4.78 is 33.4. The largest absolute Gasteiger partial charge is 0.383 e. The molecule has 0 aliphatic heterocycles. The van der Waals surface area contributed by atoms with E-state index in [4.69, 9.17) is 4.74 Å². The summed E-state index contributed by atoms with van der Waals surface area (Å²) in [4.78, 5) is 19.1. The highest BCUT2D eigenvalue weighted by Gasteiger charge is 2.27. The number of aromatic nitrogens is 2. The first-order valence-corrected chi connectivity index (χ1v) is 12.6. The predicted octanol–water partition coefficient (Wildman–Crippen LogP) is 4.04. The van der Waals surface area contributed by atoms with Crippen molar-refractivity contribution in [1.29, 1.82) is 0 Å². The Labute approximate surface area is 195 Å². The molecule has 1 aromatic heterocycles. The van der Waals surface area contributed by atoms with Gasteiger partial charge in [-0.15, -0.1) is 0 Å². The predicted molar refractivity (Wildman–Crippen MR) is 128 cm³/mol. The molecule has 0 spiro atoms. The minimum absolute atomic E-state index is 0.0203. The van der Waals surface area contributed by atoms with Gasteiger partial charge in [-0.1, -0.05) is 48.0 Å². The van der Waals surface area contributed by atoms with Gasteiger partial charge in [0, 0.05) is 25.3 Å². The van der Waals surface area contributed by atoms with Gasteiger partial charge in [-0.2, -0.15) is 0 Å². The molecule has 0 atom stereocenters. The van der Waals surface area contributed by atoms with Crippen LogP contribution in [0.5, 0.6) is 0 Å². The maximum Gasteiger partial charge on any atom is 0.254 e. The fraction of sp³-hybridized carbons (Fsp3) is 0.360. The molecule has 2 aromatic carbocycles. The fourth-order valence-corrected chi connectivity index (χ4v) is 5.26. The molecule has 1 heterocycles. The number of benzene rings is 2. The Kier molecular flexibility index (Phi) is 8.05. The van der Waals surface area contributed by atoms with Crippen molar-refractivity contribution in [3.63, 3.8) is 0 Å². The first-order valence-electron chi connectivity index (χ1n) is 10.9. The number of nitrogens with zero attached hydrogens (tertiary/aromatic N) is 3. The highest BCUT2D eigenvalue weighted by Crippen LogP contribution is 2.23. The van der Waals surface area contributed by atoms with Crippen molar-refractivity contribution in [2.45, 2.75) is 44.3 Å². The maximum atomic E-state index is 13.3. The van der Waals surface area contributed by atoms with E-state index in [1.165, 1.54) is 0 Å². The molecule has 8 heteroatoms. The van der Waals surface area contributed by atoms with E-state index in [9.17, 15) is 13.2 Å². The van der Waals surface area contributed by atoms with Gasteiger partial charge in [-0.25, -0.2) is 13.4 Å². The van der Waals surface area contributed by atoms with Crippen molar-refractivity contribution in [2.75, 3.05) is 20.3 Å². The first kappa shape index (κ1) is 24.7. The summed E-state index contributed by atoms with van der Waals surface area (Å²) in [6.45, 7) is 6.75. The van der Waals surface area contributed by atoms with Crippen molar-refractivity contribution >= 4 is 15.7 Å². The van der Waals surface area contributed by atoms with Crippen molar-refractivity contribution < 1.29 is 17.9 Å². The van der Waals surface area contributed by atoms with Crippen molar-refractivity contribution in [3.8, 4) is 0 Å². The second-order valence-corrected chi connectivity index (χ2v) is 10.2. The molecule has 0 aliphatic rings. The topological polar surface area (TPSA) is 81.5 Å². The molecule has 0 aliphatic carbocycles. The van der Waals surface area contributed by atoms with Crippen molar-refractivity contribution in [1.82, 2.24) is 14.5 Å². The van der Waals surface area contributed by atoms with E-state index in [0.717, 1.165) is 5.56 Å². The lowest BCUT2D eigenvalue weighted by atomic mass is 10.2. The first-order chi connectivity index (χ1) is 15.7. The number of hydrogen-bond acceptors (Lipinski definition) is 5. The Hall–Kier alpha value is -2.97. The zero-order chi connectivity index (χ0) is 24.0. The van der Waals surface area contributed by atoms with Crippen LogP contribution in [0.15, 0.2) is 66.0 Å². The van der Waals surface area contributed by atoms with E-state index in [1.54, 1.807) is 34.9 Å². The molecule has 1 amide bonds. The number of ether oxygens (including phenoxy) is 1. The van der Waals surface area contributed by atoms with Gasteiger partial charge in [0.15, 0.2) is 0 Å². The Morgan fingerprint density at radius 2 is 1.76 bits per heavy atom. The number of carbonyl (C=O) groups excluding carboxylic acids is 1. The van der Waals surface area contributed by atoms with Crippen LogP contribution in [0.25, 0.3) is 0 Å². The Morgan fingerprint density at radius 1 is 1.09 bits per heavy atom. The van der Waals surface area contributed by atoms with E-state index in [2.05, 4.69) is 4.98 Å². The van der Waals surface area contributed by atoms with Crippen LogP contribution in [0, 0.1) is 6.92 Å². The molecule has 3 aromatic rings. The van der Waals surface area contributed by atoms with Crippen LogP contribution in [0.2, 0.25) is 0 Å². The highest BCUT2D eigenvalue weighted by atomic mass is 32.2. The van der Waals surface area contributed by atoms with Gasteiger partial charge in [-0.05, 0) is 38.5 Å². The number of hydrogen-bond donors (Lipinski definition) is 0. The summed E-state index contributed by atoms with van der Waals surface area (Å²) >= 11 is 0. The van der Waals surface area contributed by atoms with Gasteiger partial charge in [0.05, 0.1) is 30.8 Å². The third-order valence-electron chi connectivity index (χ3n) is 5.34. The van der Waals surface area contributed by atoms with Gasteiger partial charge in [0.1, 0.15) is 0 Å². The summed E-state index contributed by atoms with van der Waals surface area (Å²) in [7, 11) is -2.10. The van der Waals surface area contributed by atoms with Gasteiger partial charge in [0.25, 0.3) is 5.91 Å². The number of methoxy groups -OCH3 is 1. The number of amides is 1. The highest BCUT2D eigenvalue weighted by molar-refractivity contribution is 7.90. The van der Waals surface area contributed by atoms with Crippen LogP contribution in [-0.4, -0.2) is 49.0 Å². The lowest BCUT2D eigenvalue weighted by Gasteiger charge is -2.24. The minimum atomic E-state index is -3.68. The second-order valence-electron chi connectivity index (χ2n) is 8.33. The smallest absolute Gasteiger partial charge is 0.254 e. The number of sulfone groups is 1. The monoisotopic (exact) mass is 469 g/mol. The Morgan fingerprint density at radius 3 is 2.36 bits per heavy atom. The van der Waals surface area contributed by atoms with Gasteiger partial charge in [-0.3, -0.25) is 4.79 Å². The molecule has 0 saturated heterocycles.